The van der Waals surface area contributed by atoms with E-state index in [9.17, 15) is 9.59 Å². The maximum Gasteiger partial charge on any atom is 0.266 e. The van der Waals surface area contributed by atoms with E-state index in [0.29, 0.717) is 23.4 Å². The number of carbonyl (C=O) groups excluding carboxylic acids is 2. The van der Waals surface area contributed by atoms with Gasteiger partial charge in [0.05, 0.1) is 23.4 Å². The molecule has 0 atom stereocenters. The molecular weight excluding hydrogens is 276 g/mol. The van der Waals surface area contributed by atoms with E-state index in [0.717, 1.165) is 11.1 Å². The van der Waals surface area contributed by atoms with Gasteiger partial charge >= 0.3 is 0 Å². The third-order valence-electron chi connectivity index (χ3n) is 3.57. The largest absolute Gasteiger partial charge is 0.320 e. The zero-order chi connectivity index (χ0) is 15.7. The number of imide groups is 1. The van der Waals surface area contributed by atoms with Gasteiger partial charge in [-0.15, -0.1) is 0 Å². The Morgan fingerprint density at radius 2 is 1.68 bits per heavy atom. The molecule has 4 nitrogen and oxygen atoms in total. The molecule has 0 fully saturated rings. The number of hydrogen-bond donors (Lipinski definition) is 1. The van der Waals surface area contributed by atoms with Crippen molar-refractivity contribution >= 4 is 17.5 Å². The smallest absolute Gasteiger partial charge is 0.266 e. The highest BCUT2D eigenvalue weighted by atomic mass is 16.2. The van der Waals surface area contributed by atoms with E-state index in [1.807, 2.05) is 13.0 Å². The Morgan fingerprint density at radius 3 is 2.23 bits per heavy atom. The van der Waals surface area contributed by atoms with Crippen LogP contribution in [0.4, 0.5) is 5.69 Å². The van der Waals surface area contributed by atoms with Crippen LogP contribution in [0.5, 0.6) is 0 Å². The van der Waals surface area contributed by atoms with E-state index < -0.39 is 0 Å². The molecule has 2 aromatic rings. The first kappa shape index (κ1) is 14.1. The van der Waals surface area contributed by atoms with Crippen molar-refractivity contribution in [3.05, 3.63) is 64.7 Å². The summed E-state index contributed by atoms with van der Waals surface area (Å²) in [6.45, 7) is 2.14. The minimum Gasteiger partial charge on any atom is -0.320 e. The second-order valence-corrected chi connectivity index (χ2v) is 5.00. The molecule has 0 bridgehead atoms. The highest BCUT2D eigenvalue weighted by molar-refractivity contribution is 6.34. The number of amides is 2. The highest BCUT2D eigenvalue weighted by Gasteiger charge is 2.36. The van der Waals surface area contributed by atoms with Crippen LogP contribution in [0.2, 0.25) is 0 Å². The number of fused-ring (bicyclic) bond motifs is 1. The highest BCUT2D eigenvalue weighted by Crippen LogP contribution is 2.30. The first-order valence-corrected chi connectivity index (χ1v) is 6.91. The van der Waals surface area contributed by atoms with Crippen molar-refractivity contribution < 1.29 is 9.59 Å². The van der Waals surface area contributed by atoms with Gasteiger partial charge in [-0.25, -0.2) is 4.90 Å². The van der Waals surface area contributed by atoms with Gasteiger partial charge in [0.25, 0.3) is 11.8 Å². The number of nitrogens with zero attached hydrogens (tertiary/aromatic N) is 1. The lowest BCUT2D eigenvalue weighted by Crippen LogP contribution is -2.30. The molecular formula is C18H14N2O2. The monoisotopic (exact) mass is 290 g/mol. The fraction of sp³-hybridized carbons (Fsp3) is 0.111. The summed E-state index contributed by atoms with van der Waals surface area (Å²) in [6, 6.07) is 12.2. The number of nitrogens with two attached hydrogens (primary N) is 1. The zero-order valence-electron chi connectivity index (χ0n) is 12.1. The number of rotatable bonds is 1. The third kappa shape index (κ3) is 2.18. The molecule has 0 aromatic heterocycles. The van der Waals surface area contributed by atoms with Gasteiger partial charge in [-0.3, -0.25) is 9.59 Å². The van der Waals surface area contributed by atoms with Crippen LogP contribution >= 0.6 is 0 Å². The van der Waals surface area contributed by atoms with Crippen molar-refractivity contribution in [2.45, 2.75) is 6.92 Å². The number of carbonyl (C=O) groups is 2. The molecule has 2 aromatic carbocycles. The van der Waals surface area contributed by atoms with E-state index >= 15 is 0 Å². The first-order valence-electron chi connectivity index (χ1n) is 6.91. The van der Waals surface area contributed by atoms with Crippen molar-refractivity contribution in [3.63, 3.8) is 0 Å². The van der Waals surface area contributed by atoms with Crippen LogP contribution in [-0.4, -0.2) is 18.4 Å². The van der Waals surface area contributed by atoms with Gasteiger partial charge in [-0.2, -0.15) is 0 Å². The predicted octanol–water partition coefficient (Wildman–Crippen LogP) is 2.11. The molecule has 2 N–H and O–H groups in total. The number of anilines is 1. The predicted molar refractivity (Wildman–Crippen MR) is 84.7 cm³/mol. The van der Waals surface area contributed by atoms with E-state index in [4.69, 9.17) is 5.73 Å². The fourth-order valence-corrected chi connectivity index (χ4v) is 2.55. The molecule has 0 saturated carbocycles. The topological polar surface area (TPSA) is 63.4 Å². The number of benzene rings is 2. The molecule has 2 amide bonds. The minimum absolute atomic E-state index is 0.288. The van der Waals surface area contributed by atoms with Crippen molar-refractivity contribution in [2.75, 3.05) is 11.4 Å². The second kappa shape index (κ2) is 5.47. The van der Waals surface area contributed by atoms with Crippen LogP contribution in [0.25, 0.3) is 0 Å². The minimum atomic E-state index is -0.288. The Bertz CT molecular complexity index is 809. The quantitative estimate of drug-likeness (QED) is 0.646. The molecule has 0 unspecified atom stereocenters. The van der Waals surface area contributed by atoms with Crippen molar-refractivity contribution in [2.24, 2.45) is 5.73 Å². The lowest BCUT2D eigenvalue weighted by atomic mass is 10.1. The summed E-state index contributed by atoms with van der Waals surface area (Å²) in [5, 5.41) is 0. The van der Waals surface area contributed by atoms with E-state index in [1.165, 1.54) is 4.90 Å². The molecule has 0 radical (unpaired) electrons. The van der Waals surface area contributed by atoms with Gasteiger partial charge in [-0.1, -0.05) is 24.0 Å². The Hall–Kier alpha value is -2.90. The molecule has 1 aliphatic heterocycles. The Morgan fingerprint density at radius 1 is 1.05 bits per heavy atom. The summed E-state index contributed by atoms with van der Waals surface area (Å²) < 4.78 is 0. The average Bonchev–Trinajstić information content (AvgIpc) is 2.78. The summed E-state index contributed by atoms with van der Waals surface area (Å²) in [4.78, 5) is 26.2. The molecule has 0 saturated heterocycles. The van der Waals surface area contributed by atoms with Crippen LogP contribution < -0.4 is 10.6 Å². The lowest BCUT2D eigenvalue weighted by molar-refractivity contribution is 0.0926. The van der Waals surface area contributed by atoms with E-state index in [1.54, 1.807) is 36.4 Å². The first-order chi connectivity index (χ1) is 10.6. The van der Waals surface area contributed by atoms with Crippen molar-refractivity contribution in [1.82, 2.24) is 0 Å². The van der Waals surface area contributed by atoms with Gasteiger partial charge in [0.2, 0.25) is 0 Å². The third-order valence-corrected chi connectivity index (χ3v) is 3.57. The van der Waals surface area contributed by atoms with Gasteiger partial charge in [0.15, 0.2) is 0 Å². The zero-order valence-corrected chi connectivity index (χ0v) is 12.1. The molecule has 108 valence electrons. The van der Waals surface area contributed by atoms with Gasteiger partial charge in [-0.05, 0) is 42.8 Å². The van der Waals surface area contributed by atoms with E-state index in [-0.39, 0.29) is 11.8 Å². The Kier molecular flexibility index (Phi) is 3.50. The normalized spacial score (nSPS) is 12.9. The number of aryl methyl sites for hydroxylation is 1. The SMILES string of the molecule is Cc1cc(C#CCN)ccc1N1C(=O)c2ccccc2C1=O. The lowest BCUT2D eigenvalue weighted by Gasteiger charge is -2.16. The molecule has 0 spiro atoms. The molecule has 1 heterocycles. The van der Waals surface area contributed by atoms with Gasteiger partial charge in [0.1, 0.15) is 0 Å². The maximum absolute atomic E-state index is 12.5. The summed E-state index contributed by atoms with van der Waals surface area (Å²) in [7, 11) is 0. The molecule has 0 aliphatic carbocycles. The average molecular weight is 290 g/mol. The van der Waals surface area contributed by atoms with Gasteiger partial charge < -0.3 is 5.73 Å². The van der Waals surface area contributed by atoms with Crippen molar-refractivity contribution in [3.8, 4) is 11.8 Å². The Balaban J connectivity index is 2.03. The van der Waals surface area contributed by atoms with Crippen LogP contribution in [0.1, 0.15) is 31.8 Å². The summed E-state index contributed by atoms with van der Waals surface area (Å²) in [6.07, 6.45) is 0. The maximum atomic E-state index is 12.5. The molecule has 3 rings (SSSR count). The van der Waals surface area contributed by atoms with Crippen LogP contribution in [0.15, 0.2) is 42.5 Å². The van der Waals surface area contributed by atoms with Crippen LogP contribution in [0.3, 0.4) is 0 Å². The summed E-state index contributed by atoms with van der Waals surface area (Å²) in [5.74, 6) is 5.15. The molecule has 1 aliphatic rings. The van der Waals surface area contributed by atoms with Crippen LogP contribution in [-0.2, 0) is 0 Å². The van der Waals surface area contributed by atoms with Crippen LogP contribution in [0, 0.1) is 18.8 Å². The number of hydrogen-bond acceptors (Lipinski definition) is 3. The summed E-state index contributed by atoms with van der Waals surface area (Å²) >= 11 is 0. The molecule has 4 heteroatoms. The standard InChI is InChI=1S/C18H14N2O2/c1-12-11-13(5-4-10-19)8-9-16(12)20-17(21)14-6-2-3-7-15(14)18(20)22/h2-3,6-9,11H,10,19H2,1H3. The summed E-state index contributed by atoms with van der Waals surface area (Å²) in [5.41, 5.74) is 8.46. The fourth-order valence-electron chi connectivity index (χ4n) is 2.55. The molecule has 22 heavy (non-hydrogen) atoms. The Labute approximate surface area is 128 Å². The van der Waals surface area contributed by atoms with Crippen molar-refractivity contribution in [1.29, 1.82) is 0 Å². The van der Waals surface area contributed by atoms with Gasteiger partial charge in [0, 0.05) is 5.56 Å². The second-order valence-electron chi connectivity index (χ2n) is 5.00. The van der Waals surface area contributed by atoms with E-state index in [2.05, 4.69) is 11.8 Å².